The van der Waals surface area contributed by atoms with E-state index in [9.17, 15) is 4.79 Å². The number of nitrogen functional groups attached to an aromatic ring is 1. The molecule has 0 fully saturated rings. The fourth-order valence-electron chi connectivity index (χ4n) is 1.93. The molecule has 0 spiro atoms. The van der Waals surface area contributed by atoms with E-state index in [1.807, 2.05) is 48.6 Å². The molecule has 2 rings (SSSR count). The second kappa shape index (κ2) is 7.09. The molecule has 5 heteroatoms. The van der Waals surface area contributed by atoms with Gasteiger partial charge in [-0.1, -0.05) is 24.3 Å². The van der Waals surface area contributed by atoms with E-state index in [0.717, 1.165) is 22.5 Å². The molecule has 0 radical (unpaired) electrons. The van der Waals surface area contributed by atoms with Crippen molar-refractivity contribution in [3.63, 3.8) is 0 Å². The summed E-state index contributed by atoms with van der Waals surface area (Å²) in [5.74, 6) is 0. The van der Waals surface area contributed by atoms with Crippen LogP contribution < -0.4 is 11.1 Å². The largest absolute Gasteiger partial charge is 0.465 e. The average molecular weight is 283 g/mol. The zero-order valence-corrected chi connectivity index (χ0v) is 11.5. The van der Waals surface area contributed by atoms with E-state index in [0.29, 0.717) is 13.0 Å². The van der Waals surface area contributed by atoms with Crippen LogP contribution in [0.1, 0.15) is 12.1 Å². The topological polar surface area (TPSA) is 88.2 Å². The van der Waals surface area contributed by atoms with Gasteiger partial charge in [0.2, 0.25) is 0 Å². The molecule has 1 heterocycles. The number of pyridine rings is 1. The van der Waals surface area contributed by atoms with Crippen molar-refractivity contribution >= 4 is 17.9 Å². The Bertz CT molecular complexity index is 653. The minimum atomic E-state index is -1.01. The van der Waals surface area contributed by atoms with Gasteiger partial charge >= 0.3 is 6.09 Å². The second-order valence-corrected chi connectivity index (χ2v) is 4.48. The number of amides is 1. The number of aromatic nitrogens is 1. The van der Waals surface area contributed by atoms with Crippen LogP contribution in [-0.4, -0.2) is 22.7 Å². The summed E-state index contributed by atoms with van der Waals surface area (Å²) in [4.78, 5) is 14.6. The molecule has 2 aromatic rings. The average Bonchev–Trinajstić information content (AvgIpc) is 2.47. The molecule has 1 amide bonds. The first-order chi connectivity index (χ1) is 10.2. The van der Waals surface area contributed by atoms with Crippen molar-refractivity contribution in [1.82, 2.24) is 10.3 Å². The summed E-state index contributed by atoms with van der Waals surface area (Å²) >= 11 is 0. The first-order valence-electron chi connectivity index (χ1n) is 6.61. The zero-order chi connectivity index (χ0) is 15.1. The number of anilines is 1. The Kier molecular flexibility index (Phi) is 4.93. The normalized spacial score (nSPS) is 10.7. The Morgan fingerprint density at radius 1 is 1.33 bits per heavy atom. The van der Waals surface area contributed by atoms with Gasteiger partial charge in [-0.25, -0.2) is 4.79 Å². The molecule has 1 aromatic heterocycles. The lowest BCUT2D eigenvalue weighted by atomic mass is 10.0. The quantitative estimate of drug-likeness (QED) is 0.581. The molecular weight excluding hydrogens is 266 g/mol. The number of nitrogens with zero attached hydrogens (tertiary/aromatic N) is 1. The maximum Gasteiger partial charge on any atom is 0.404 e. The van der Waals surface area contributed by atoms with Gasteiger partial charge in [0.25, 0.3) is 0 Å². The maximum atomic E-state index is 10.3. The number of rotatable bonds is 5. The van der Waals surface area contributed by atoms with Gasteiger partial charge in [0.1, 0.15) is 0 Å². The third-order valence-corrected chi connectivity index (χ3v) is 2.93. The summed E-state index contributed by atoms with van der Waals surface area (Å²) in [5.41, 5.74) is 9.49. The van der Waals surface area contributed by atoms with Crippen molar-refractivity contribution in [3.05, 3.63) is 54.4 Å². The van der Waals surface area contributed by atoms with Crippen LogP contribution in [0.25, 0.3) is 17.2 Å². The summed E-state index contributed by atoms with van der Waals surface area (Å²) < 4.78 is 0. The Morgan fingerprint density at radius 3 is 2.90 bits per heavy atom. The van der Waals surface area contributed by atoms with E-state index in [4.69, 9.17) is 10.8 Å². The molecule has 108 valence electrons. The number of para-hydroxylation sites is 1. The first kappa shape index (κ1) is 14.6. The molecule has 0 aliphatic rings. The van der Waals surface area contributed by atoms with Crippen LogP contribution in [0, 0.1) is 0 Å². The van der Waals surface area contributed by atoms with E-state index in [2.05, 4.69) is 10.3 Å². The lowest BCUT2D eigenvalue weighted by Gasteiger charge is -2.05. The molecule has 5 nitrogen and oxygen atoms in total. The Labute approximate surface area is 123 Å². The molecule has 0 atom stereocenters. The minimum absolute atomic E-state index is 0.386. The van der Waals surface area contributed by atoms with Crippen molar-refractivity contribution in [2.45, 2.75) is 6.42 Å². The number of nitrogens with two attached hydrogens (primary N) is 1. The van der Waals surface area contributed by atoms with E-state index < -0.39 is 6.09 Å². The summed E-state index contributed by atoms with van der Waals surface area (Å²) in [5, 5.41) is 10.8. The number of hydrogen-bond acceptors (Lipinski definition) is 3. The third-order valence-electron chi connectivity index (χ3n) is 2.93. The Hall–Kier alpha value is -2.82. The molecule has 21 heavy (non-hydrogen) atoms. The van der Waals surface area contributed by atoms with Crippen LogP contribution in [-0.2, 0) is 0 Å². The van der Waals surface area contributed by atoms with Crippen LogP contribution in [0.3, 0.4) is 0 Å². The van der Waals surface area contributed by atoms with Crippen molar-refractivity contribution in [2.75, 3.05) is 12.3 Å². The predicted octanol–water partition coefficient (Wildman–Crippen LogP) is 3.00. The monoisotopic (exact) mass is 283 g/mol. The Balaban J connectivity index is 2.06. The van der Waals surface area contributed by atoms with Crippen molar-refractivity contribution in [3.8, 4) is 11.1 Å². The third kappa shape index (κ3) is 4.35. The van der Waals surface area contributed by atoms with Gasteiger partial charge < -0.3 is 16.2 Å². The van der Waals surface area contributed by atoms with Crippen molar-refractivity contribution in [2.24, 2.45) is 0 Å². The molecule has 0 saturated carbocycles. The highest BCUT2D eigenvalue weighted by atomic mass is 16.4. The van der Waals surface area contributed by atoms with Crippen LogP contribution in [0.5, 0.6) is 0 Å². The van der Waals surface area contributed by atoms with Gasteiger partial charge in [-0.3, -0.25) is 4.98 Å². The summed E-state index contributed by atoms with van der Waals surface area (Å²) in [6.07, 6.45) is 5.09. The van der Waals surface area contributed by atoms with Gasteiger partial charge in [0.15, 0.2) is 0 Å². The smallest absolute Gasteiger partial charge is 0.404 e. The van der Waals surface area contributed by atoms with Crippen molar-refractivity contribution in [1.29, 1.82) is 0 Å². The minimum Gasteiger partial charge on any atom is -0.465 e. The highest BCUT2D eigenvalue weighted by Gasteiger charge is 2.02. The number of nitrogens with one attached hydrogen (secondary N) is 1. The van der Waals surface area contributed by atoms with Gasteiger partial charge in [0, 0.05) is 24.0 Å². The summed E-state index contributed by atoms with van der Waals surface area (Å²) in [6.45, 7) is 0.386. The van der Waals surface area contributed by atoms with Crippen LogP contribution in [0.4, 0.5) is 10.5 Å². The lowest BCUT2D eigenvalue weighted by molar-refractivity contribution is 0.194. The van der Waals surface area contributed by atoms with Crippen LogP contribution >= 0.6 is 0 Å². The molecule has 0 bridgehead atoms. The first-order valence-corrected chi connectivity index (χ1v) is 6.61. The SMILES string of the molecule is Nc1ccccc1-c1ccnc(C=CCCNC(=O)O)c1. The maximum absolute atomic E-state index is 10.3. The number of benzene rings is 1. The molecule has 4 N–H and O–H groups in total. The van der Waals surface area contributed by atoms with Gasteiger partial charge in [-0.05, 0) is 36.3 Å². The standard InChI is InChI=1S/C16H17N3O2/c17-15-7-2-1-6-14(15)12-8-10-18-13(11-12)5-3-4-9-19-16(20)21/h1-3,5-8,10-11,19H,4,9,17H2,(H,20,21). The number of carbonyl (C=O) groups is 1. The fraction of sp³-hybridized carbons (Fsp3) is 0.125. The van der Waals surface area contributed by atoms with E-state index in [1.165, 1.54) is 0 Å². The molecule has 0 saturated heterocycles. The van der Waals surface area contributed by atoms with E-state index in [-0.39, 0.29) is 0 Å². The predicted molar refractivity (Wildman–Crippen MR) is 83.8 cm³/mol. The molecular formula is C16H17N3O2. The summed E-state index contributed by atoms with van der Waals surface area (Å²) in [7, 11) is 0. The van der Waals surface area contributed by atoms with Crippen LogP contribution in [0.2, 0.25) is 0 Å². The fourth-order valence-corrected chi connectivity index (χ4v) is 1.93. The molecule has 0 aliphatic heterocycles. The van der Waals surface area contributed by atoms with Gasteiger partial charge in [0.05, 0.1) is 5.69 Å². The Morgan fingerprint density at radius 2 is 2.14 bits per heavy atom. The lowest BCUT2D eigenvalue weighted by Crippen LogP contribution is -2.21. The van der Waals surface area contributed by atoms with E-state index >= 15 is 0 Å². The highest BCUT2D eigenvalue weighted by Crippen LogP contribution is 2.25. The number of hydrogen-bond donors (Lipinski definition) is 3. The van der Waals surface area contributed by atoms with Crippen molar-refractivity contribution < 1.29 is 9.90 Å². The van der Waals surface area contributed by atoms with Gasteiger partial charge in [-0.15, -0.1) is 0 Å². The van der Waals surface area contributed by atoms with Gasteiger partial charge in [-0.2, -0.15) is 0 Å². The van der Waals surface area contributed by atoms with E-state index in [1.54, 1.807) is 6.20 Å². The molecule has 0 unspecified atom stereocenters. The highest BCUT2D eigenvalue weighted by molar-refractivity contribution is 5.76. The molecule has 1 aromatic carbocycles. The number of carboxylic acid groups (broad SMARTS) is 1. The molecule has 0 aliphatic carbocycles. The second-order valence-electron chi connectivity index (χ2n) is 4.48. The zero-order valence-electron chi connectivity index (χ0n) is 11.5. The summed E-state index contributed by atoms with van der Waals surface area (Å²) in [6, 6.07) is 11.5. The van der Waals surface area contributed by atoms with Crippen LogP contribution in [0.15, 0.2) is 48.7 Å².